The van der Waals surface area contributed by atoms with Crippen molar-refractivity contribution in [3.8, 4) is 0 Å². The van der Waals surface area contributed by atoms with E-state index in [2.05, 4.69) is 5.32 Å². The Labute approximate surface area is 191 Å². The molecule has 3 rings (SSSR count). The molecule has 9 nitrogen and oxygen atoms in total. The van der Waals surface area contributed by atoms with Crippen LogP contribution in [-0.2, 0) is 32.1 Å². The number of carbonyl (C=O) groups excluding carboxylic acids is 2. The fourth-order valence-corrected chi connectivity index (χ4v) is 3.91. The number of aliphatic carboxylic acids is 2. The molecule has 9 heteroatoms. The highest BCUT2D eigenvalue weighted by molar-refractivity contribution is 5.93. The average molecular weight is 454 g/mol. The zero-order valence-corrected chi connectivity index (χ0v) is 17.9. The summed E-state index contributed by atoms with van der Waals surface area (Å²) in [6, 6.07) is 15.0. The number of nitrogens with zero attached hydrogens (tertiary/aromatic N) is 1. The van der Waals surface area contributed by atoms with E-state index >= 15 is 0 Å². The van der Waals surface area contributed by atoms with E-state index in [0.717, 1.165) is 10.5 Å². The molecule has 1 aliphatic rings. The summed E-state index contributed by atoms with van der Waals surface area (Å²) in [5, 5.41) is 21.8. The normalized spacial score (nSPS) is 17.1. The first-order chi connectivity index (χ1) is 15.9. The van der Waals surface area contributed by atoms with Gasteiger partial charge in [0, 0.05) is 6.54 Å². The van der Waals surface area contributed by atoms with Gasteiger partial charge in [0.1, 0.15) is 18.7 Å². The summed E-state index contributed by atoms with van der Waals surface area (Å²) in [6.45, 7) is 0.107. The summed E-state index contributed by atoms with van der Waals surface area (Å²) < 4.78 is 5.20. The second-order valence-electron chi connectivity index (χ2n) is 7.85. The van der Waals surface area contributed by atoms with E-state index < -0.39 is 41.9 Å². The third-order valence-electron chi connectivity index (χ3n) is 5.59. The van der Waals surface area contributed by atoms with E-state index in [9.17, 15) is 29.4 Å². The molecule has 0 radical (unpaired) electrons. The molecule has 2 aromatic rings. The van der Waals surface area contributed by atoms with Crippen LogP contribution < -0.4 is 5.32 Å². The number of rotatable bonds is 9. The molecule has 0 spiro atoms. The van der Waals surface area contributed by atoms with E-state index in [1.54, 1.807) is 54.6 Å². The molecule has 0 bridgehead atoms. The molecule has 2 aromatic carbocycles. The number of ether oxygens (including phenoxy) is 1. The number of alkyl carbamates (subject to hydrolysis) is 1. The zero-order chi connectivity index (χ0) is 23.8. The summed E-state index contributed by atoms with van der Waals surface area (Å²) in [4.78, 5) is 50.7. The molecule has 1 fully saturated rings. The number of nitrogens with one attached hydrogen (secondary N) is 1. The van der Waals surface area contributed by atoms with Crippen LogP contribution in [0.15, 0.2) is 60.7 Å². The number of hydrogen-bond acceptors (Lipinski definition) is 5. The lowest BCUT2D eigenvalue weighted by atomic mass is 9.91. The maximum absolute atomic E-state index is 13.3. The van der Waals surface area contributed by atoms with Crippen LogP contribution in [0.4, 0.5) is 4.79 Å². The summed E-state index contributed by atoms with van der Waals surface area (Å²) in [5.41, 5.74) is 1.39. The van der Waals surface area contributed by atoms with Crippen LogP contribution in [0.3, 0.4) is 0 Å². The maximum atomic E-state index is 13.3. The van der Waals surface area contributed by atoms with Crippen LogP contribution in [0, 0.1) is 5.92 Å². The molecule has 174 valence electrons. The van der Waals surface area contributed by atoms with Gasteiger partial charge in [-0.25, -0.2) is 9.59 Å². The Kier molecular flexibility index (Phi) is 8.01. The van der Waals surface area contributed by atoms with E-state index in [0.29, 0.717) is 12.0 Å². The molecular weight excluding hydrogens is 428 g/mol. The summed E-state index contributed by atoms with van der Waals surface area (Å²) in [7, 11) is 0. The minimum Gasteiger partial charge on any atom is -0.481 e. The second-order valence-corrected chi connectivity index (χ2v) is 7.85. The standard InChI is InChI=1S/C24H26N2O7/c27-21(26-13-7-12-19(26)23(30)31)20(18(22(28)29)14-16-8-3-1-4-9-16)25-24(32)33-15-17-10-5-2-6-11-17/h1-6,8-11,18-20H,7,12-15H2,(H,25,32)(H,28,29)(H,30,31)/t18?,19-,20-/m0/s1. The van der Waals surface area contributed by atoms with E-state index in [-0.39, 0.29) is 26.0 Å². The maximum Gasteiger partial charge on any atom is 0.408 e. The van der Waals surface area contributed by atoms with Gasteiger partial charge in [-0.1, -0.05) is 60.7 Å². The Morgan fingerprint density at radius 2 is 1.58 bits per heavy atom. The van der Waals surface area contributed by atoms with Crippen LogP contribution in [0.2, 0.25) is 0 Å². The van der Waals surface area contributed by atoms with E-state index in [1.165, 1.54) is 0 Å². The largest absolute Gasteiger partial charge is 0.481 e. The van der Waals surface area contributed by atoms with Crippen LogP contribution in [0.1, 0.15) is 24.0 Å². The molecule has 1 unspecified atom stereocenters. The highest BCUT2D eigenvalue weighted by atomic mass is 16.5. The van der Waals surface area contributed by atoms with Gasteiger partial charge in [-0.15, -0.1) is 0 Å². The van der Waals surface area contributed by atoms with Crippen LogP contribution in [-0.4, -0.2) is 57.7 Å². The van der Waals surface area contributed by atoms with Crippen molar-refractivity contribution in [2.45, 2.75) is 38.0 Å². The Balaban J connectivity index is 1.82. The Morgan fingerprint density at radius 1 is 0.970 bits per heavy atom. The predicted octanol–water partition coefficient (Wildman–Crippen LogP) is 2.30. The van der Waals surface area contributed by atoms with E-state index in [1.807, 2.05) is 6.07 Å². The molecule has 0 saturated carbocycles. The fourth-order valence-electron chi connectivity index (χ4n) is 3.91. The molecule has 3 atom stereocenters. The molecule has 2 amide bonds. The Hall–Kier alpha value is -3.88. The highest BCUT2D eigenvalue weighted by Gasteiger charge is 2.43. The number of likely N-dealkylation sites (tertiary alicyclic amines) is 1. The Bertz CT molecular complexity index is 981. The van der Waals surface area contributed by atoms with Gasteiger partial charge in [0.2, 0.25) is 5.91 Å². The van der Waals surface area contributed by atoms with Crippen molar-refractivity contribution in [2.24, 2.45) is 5.92 Å². The number of benzene rings is 2. The van der Waals surface area contributed by atoms with Crippen molar-refractivity contribution < 1.29 is 34.1 Å². The number of carboxylic acids is 2. The molecule has 0 aliphatic carbocycles. The number of carboxylic acid groups (broad SMARTS) is 2. The van der Waals surface area contributed by atoms with E-state index in [4.69, 9.17) is 4.74 Å². The summed E-state index contributed by atoms with van der Waals surface area (Å²) in [6.07, 6.45) is -0.244. The van der Waals surface area contributed by atoms with Crippen molar-refractivity contribution in [2.75, 3.05) is 6.54 Å². The van der Waals surface area contributed by atoms with Crippen LogP contribution in [0.5, 0.6) is 0 Å². The predicted molar refractivity (Wildman–Crippen MR) is 117 cm³/mol. The van der Waals surface area contributed by atoms with Gasteiger partial charge in [0.05, 0.1) is 5.92 Å². The lowest BCUT2D eigenvalue weighted by Gasteiger charge is -2.30. The van der Waals surface area contributed by atoms with Crippen molar-refractivity contribution in [3.05, 3.63) is 71.8 Å². The smallest absolute Gasteiger partial charge is 0.408 e. The topological polar surface area (TPSA) is 133 Å². The van der Waals surface area contributed by atoms with Gasteiger partial charge >= 0.3 is 18.0 Å². The van der Waals surface area contributed by atoms with Crippen LogP contribution >= 0.6 is 0 Å². The van der Waals surface area contributed by atoms with Crippen LogP contribution in [0.25, 0.3) is 0 Å². The average Bonchev–Trinajstić information content (AvgIpc) is 3.31. The molecular formula is C24H26N2O7. The summed E-state index contributed by atoms with van der Waals surface area (Å²) in [5.74, 6) is -4.52. The van der Waals surface area contributed by atoms with Gasteiger partial charge in [-0.05, 0) is 30.4 Å². The summed E-state index contributed by atoms with van der Waals surface area (Å²) >= 11 is 0. The fraction of sp³-hybridized carbons (Fsp3) is 0.333. The lowest BCUT2D eigenvalue weighted by molar-refractivity contribution is -0.152. The molecule has 0 aromatic heterocycles. The van der Waals surface area contributed by atoms with Crippen molar-refractivity contribution in [3.63, 3.8) is 0 Å². The van der Waals surface area contributed by atoms with Gasteiger partial charge in [-0.3, -0.25) is 9.59 Å². The van der Waals surface area contributed by atoms with Crippen molar-refractivity contribution in [1.82, 2.24) is 10.2 Å². The number of carbonyl (C=O) groups is 4. The first kappa shape index (κ1) is 23.8. The van der Waals surface area contributed by atoms with Gasteiger partial charge in [0.25, 0.3) is 0 Å². The minimum atomic E-state index is -1.49. The minimum absolute atomic E-state index is 0.0306. The zero-order valence-electron chi connectivity index (χ0n) is 17.9. The SMILES string of the molecule is O=C(N[C@H](C(=O)N1CCC[C@H]1C(=O)O)C(Cc1ccccc1)C(=O)O)OCc1ccccc1. The lowest BCUT2D eigenvalue weighted by Crippen LogP contribution is -2.56. The molecule has 1 saturated heterocycles. The second kappa shape index (κ2) is 11.1. The first-order valence-electron chi connectivity index (χ1n) is 10.6. The number of hydrogen-bond donors (Lipinski definition) is 3. The molecule has 1 aliphatic heterocycles. The highest BCUT2D eigenvalue weighted by Crippen LogP contribution is 2.22. The molecule has 3 N–H and O–H groups in total. The van der Waals surface area contributed by atoms with Gasteiger partial charge < -0.3 is 25.2 Å². The third-order valence-corrected chi connectivity index (χ3v) is 5.59. The monoisotopic (exact) mass is 454 g/mol. The van der Waals surface area contributed by atoms with Gasteiger partial charge in [0.15, 0.2) is 0 Å². The Morgan fingerprint density at radius 3 is 2.15 bits per heavy atom. The van der Waals surface area contributed by atoms with Crippen molar-refractivity contribution >= 4 is 23.9 Å². The van der Waals surface area contributed by atoms with Crippen molar-refractivity contribution in [1.29, 1.82) is 0 Å². The number of amides is 2. The molecule has 33 heavy (non-hydrogen) atoms. The third kappa shape index (κ3) is 6.31. The van der Waals surface area contributed by atoms with Gasteiger partial charge in [-0.2, -0.15) is 0 Å². The molecule has 1 heterocycles. The first-order valence-corrected chi connectivity index (χ1v) is 10.6. The quantitative estimate of drug-likeness (QED) is 0.529.